The Morgan fingerprint density at radius 3 is 2.70 bits per heavy atom. The number of benzene rings is 1. The van der Waals surface area contributed by atoms with Gasteiger partial charge in [-0.15, -0.1) is 0 Å². The van der Waals surface area contributed by atoms with Crippen molar-refractivity contribution in [3.8, 4) is 0 Å². The molecule has 4 unspecified atom stereocenters. The van der Waals surface area contributed by atoms with Crippen molar-refractivity contribution in [1.29, 1.82) is 0 Å². The van der Waals surface area contributed by atoms with Gasteiger partial charge < -0.3 is 10.4 Å². The van der Waals surface area contributed by atoms with Crippen LogP contribution in [0.5, 0.6) is 0 Å². The van der Waals surface area contributed by atoms with Crippen LogP contribution in [0.3, 0.4) is 0 Å². The molecule has 1 aromatic rings. The fourth-order valence-corrected chi connectivity index (χ4v) is 4.18. The van der Waals surface area contributed by atoms with E-state index in [9.17, 15) is 23.1 Å². The molecule has 126 valence electrons. The van der Waals surface area contributed by atoms with Gasteiger partial charge in [0.2, 0.25) is 5.91 Å². The van der Waals surface area contributed by atoms with E-state index in [-0.39, 0.29) is 30.9 Å². The lowest BCUT2D eigenvalue weighted by Crippen LogP contribution is -2.45. The molecule has 2 N–H and O–H groups in total. The highest BCUT2D eigenvalue weighted by molar-refractivity contribution is 5.79. The van der Waals surface area contributed by atoms with Crippen LogP contribution in [0.1, 0.15) is 30.4 Å². The summed E-state index contributed by atoms with van der Waals surface area (Å²) in [6.45, 7) is 0.0513. The molecule has 4 atom stereocenters. The number of carbonyl (C=O) groups excluding carboxylic acids is 1. The number of hydrogen-bond donors (Lipinski definition) is 2. The number of aliphatic hydroxyl groups is 1. The Hall–Kier alpha value is -1.56. The molecule has 6 heteroatoms. The average Bonchev–Trinajstić information content (AvgIpc) is 3.07. The van der Waals surface area contributed by atoms with Crippen LogP contribution in [0.2, 0.25) is 0 Å². The van der Waals surface area contributed by atoms with Crippen LogP contribution >= 0.6 is 0 Å². The largest absolute Gasteiger partial charge is 0.416 e. The third-order valence-electron chi connectivity index (χ3n) is 5.25. The van der Waals surface area contributed by atoms with Gasteiger partial charge in [0.15, 0.2) is 0 Å². The van der Waals surface area contributed by atoms with Crippen LogP contribution in [0.4, 0.5) is 13.2 Å². The molecule has 1 amide bonds. The monoisotopic (exact) mass is 327 g/mol. The maximum atomic E-state index is 12.7. The first-order valence-corrected chi connectivity index (χ1v) is 7.95. The number of alkyl halides is 3. The summed E-state index contributed by atoms with van der Waals surface area (Å²) in [6, 6.07) is 4.82. The second-order valence-electron chi connectivity index (χ2n) is 6.65. The quantitative estimate of drug-likeness (QED) is 0.893. The zero-order chi connectivity index (χ0) is 16.6. The summed E-state index contributed by atoms with van der Waals surface area (Å²) in [6.07, 6.45) is -1.31. The van der Waals surface area contributed by atoms with Gasteiger partial charge in [0, 0.05) is 18.6 Å². The molecule has 2 saturated carbocycles. The Kier molecular flexibility index (Phi) is 4.36. The molecule has 2 aliphatic rings. The predicted molar refractivity (Wildman–Crippen MR) is 78.5 cm³/mol. The normalized spacial score (nSPS) is 29.7. The Morgan fingerprint density at radius 2 is 2.00 bits per heavy atom. The lowest BCUT2D eigenvalue weighted by Gasteiger charge is -2.30. The first kappa shape index (κ1) is 16.3. The third kappa shape index (κ3) is 3.37. The van der Waals surface area contributed by atoms with Crippen molar-refractivity contribution in [2.45, 2.75) is 37.9 Å². The number of nitrogens with one attached hydrogen (secondary N) is 1. The van der Waals surface area contributed by atoms with Crippen molar-refractivity contribution in [1.82, 2.24) is 5.32 Å². The van der Waals surface area contributed by atoms with Crippen LogP contribution < -0.4 is 5.32 Å². The van der Waals surface area contributed by atoms with E-state index < -0.39 is 11.7 Å². The van der Waals surface area contributed by atoms with Crippen LogP contribution in [-0.2, 0) is 17.4 Å². The summed E-state index contributed by atoms with van der Waals surface area (Å²) >= 11 is 0. The van der Waals surface area contributed by atoms with E-state index in [0.29, 0.717) is 17.4 Å². The molecule has 2 aliphatic carbocycles. The van der Waals surface area contributed by atoms with Crippen LogP contribution in [0.25, 0.3) is 0 Å². The predicted octanol–water partition coefficient (Wildman–Crippen LogP) is 2.77. The smallest absolute Gasteiger partial charge is 0.396 e. The highest BCUT2D eigenvalue weighted by Gasteiger charge is 2.47. The van der Waals surface area contributed by atoms with Gasteiger partial charge in [0.25, 0.3) is 0 Å². The van der Waals surface area contributed by atoms with E-state index in [1.807, 2.05) is 0 Å². The van der Waals surface area contributed by atoms with Crippen LogP contribution in [-0.4, -0.2) is 23.7 Å². The Morgan fingerprint density at radius 1 is 1.26 bits per heavy atom. The SMILES string of the molecule is O=C(Cc1cccc(C(F)(F)F)c1)NC1C2CCC(C2)C1CO. The van der Waals surface area contributed by atoms with Crippen molar-refractivity contribution in [3.63, 3.8) is 0 Å². The molecule has 2 bridgehead atoms. The van der Waals surface area contributed by atoms with E-state index in [4.69, 9.17) is 0 Å². The zero-order valence-electron chi connectivity index (χ0n) is 12.6. The minimum atomic E-state index is -4.40. The minimum Gasteiger partial charge on any atom is -0.396 e. The van der Waals surface area contributed by atoms with Gasteiger partial charge in [-0.25, -0.2) is 0 Å². The maximum Gasteiger partial charge on any atom is 0.416 e. The lowest BCUT2D eigenvalue weighted by molar-refractivity contribution is -0.137. The summed E-state index contributed by atoms with van der Waals surface area (Å²) in [7, 11) is 0. The molecule has 0 heterocycles. The summed E-state index contributed by atoms with van der Waals surface area (Å²) in [4.78, 5) is 12.2. The highest BCUT2D eigenvalue weighted by atomic mass is 19.4. The van der Waals surface area contributed by atoms with Crippen molar-refractivity contribution < 1.29 is 23.1 Å². The molecular formula is C17H20F3NO2. The van der Waals surface area contributed by atoms with Gasteiger partial charge >= 0.3 is 6.18 Å². The number of halogens is 3. The molecule has 2 fully saturated rings. The molecular weight excluding hydrogens is 307 g/mol. The van der Waals surface area contributed by atoms with Gasteiger partial charge in [-0.05, 0) is 42.7 Å². The molecule has 23 heavy (non-hydrogen) atoms. The molecule has 1 aromatic carbocycles. The van der Waals surface area contributed by atoms with E-state index in [1.54, 1.807) is 0 Å². The maximum absolute atomic E-state index is 12.7. The van der Waals surface area contributed by atoms with E-state index in [2.05, 4.69) is 5.32 Å². The van der Waals surface area contributed by atoms with E-state index in [1.165, 1.54) is 12.1 Å². The van der Waals surface area contributed by atoms with Gasteiger partial charge in [0.1, 0.15) is 0 Å². The van der Waals surface area contributed by atoms with Crippen molar-refractivity contribution >= 4 is 5.91 Å². The minimum absolute atomic E-state index is 0.0444. The molecule has 0 aliphatic heterocycles. The Balaban J connectivity index is 1.64. The van der Waals surface area contributed by atoms with Crippen LogP contribution in [0, 0.1) is 17.8 Å². The summed E-state index contributed by atoms with van der Waals surface area (Å²) in [5.41, 5.74) is -0.392. The summed E-state index contributed by atoms with van der Waals surface area (Å²) in [5, 5.41) is 12.4. The molecule has 0 radical (unpaired) electrons. The average molecular weight is 327 g/mol. The van der Waals surface area contributed by atoms with E-state index >= 15 is 0 Å². The Labute approximate surface area is 132 Å². The second kappa shape index (κ2) is 6.15. The second-order valence-corrected chi connectivity index (χ2v) is 6.65. The van der Waals surface area contributed by atoms with Crippen LogP contribution in [0.15, 0.2) is 24.3 Å². The number of carbonyl (C=O) groups is 1. The number of rotatable bonds is 4. The van der Waals surface area contributed by atoms with Gasteiger partial charge in [-0.1, -0.05) is 18.2 Å². The highest BCUT2D eigenvalue weighted by Crippen LogP contribution is 2.48. The molecule has 0 saturated heterocycles. The fourth-order valence-electron chi connectivity index (χ4n) is 4.18. The summed E-state index contributed by atoms with van der Waals surface area (Å²) in [5.74, 6) is 0.658. The third-order valence-corrected chi connectivity index (χ3v) is 5.25. The van der Waals surface area contributed by atoms with Gasteiger partial charge in [0.05, 0.1) is 12.0 Å². The van der Waals surface area contributed by atoms with Crippen molar-refractivity contribution in [2.24, 2.45) is 17.8 Å². The Bertz CT molecular complexity index is 587. The standard InChI is InChI=1S/C17H20F3NO2/c18-17(19,20)13-3-1-2-10(6-13)7-15(23)21-16-12-5-4-11(8-12)14(16)9-22/h1-3,6,11-12,14,16,22H,4-5,7-9H2,(H,21,23). The van der Waals surface area contributed by atoms with E-state index in [0.717, 1.165) is 31.4 Å². The first-order valence-electron chi connectivity index (χ1n) is 7.95. The number of amides is 1. The fraction of sp³-hybridized carbons (Fsp3) is 0.588. The van der Waals surface area contributed by atoms with Gasteiger partial charge in [-0.2, -0.15) is 13.2 Å². The molecule has 3 rings (SSSR count). The first-order chi connectivity index (χ1) is 10.9. The lowest BCUT2D eigenvalue weighted by atomic mass is 9.85. The molecule has 0 aromatic heterocycles. The molecule has 0 spiro atoms. The topological polar surface area (TPSA) is 49.3 Å². The number of hydrogen-bond acceptors (Lipinski definition) is 2. The number of fused-ring (bicyclic) bond motifs is 2. The van der Waals surface area contributed by atoms with Gasteiger partial charge in [-0.3, -0.25) is 4.79 Å². The van der Waals surface area contributed by atoms with Crippen molar-refractivity contribution in [3.05, 3.63) is 35.4 Å². The number of aliphatic hydroxyl groups excluding tert-OH is 1. The van der Waals surface area contributed by atoms with Crippen molar-refractivity contribution in [2.75, 3.05) is 6.61 Å². The molecule has 3 nitrogen and oxygen atoms in total. The summed E-state index contributed by atoms with van der Waals surface area (Å²) < 4.78 is 38.1. The zero-order valence-corrected chi connectivity index (χ0v) is 12.6.